The number of nitrogens with zero attached hydrogens (tertiary/aromatic N) is 2. The molecule has 5 nitrogen and oxygen atoms in total. The molecule has 26 heavy (non-hydrogen) atoms. The SMILES string of the molecule is Nc1nc(CCC(=O)NCC(c2ccccc2)N2CCCCCC2)cs1. The molecule has 1 aliphatic heterocycles. The minimum absolute atomic E-state index is 0.0762. The van der Waals surface area contributed by atoms with Crippen LogP contribution in [0.3, 0.4) is 0 Å². The number of nitrogens with one attached hydrogen (secondary N) is 1. The van der Waals surface area contributed by atoms with Gasteiger partial charge in [-0.2, -0.15) is 0 Å². The van der Waals surface area contributed by atoms with E-state index in [4.69, 9.17) is 5.73 Å². The predicted molar refractivity (Wildman–Crippen MR) is 107 cm³/mol. The first kappa shape index (κ1) is 18.9. The number of anilines is 1. The molecule has 3 rings (SSSR count). The van der Waals surface area contributed by atoms with Gasteiger partial charge in [-0.3, -0.25) is 9.69 Å². The molecule has 1 atom stereocenters. The topological polar surface area (TPSA) is 71.2 Å². The van der Waals surface area contributed by atoms with Crippen molar-refractivity contribution in [2.75, 3.05) is 25.4 Å². The van der Waals surface area contributed by atoms with Gasteiger partial charge in [0.2, 0.25) is 5.91 Å². The Morgan fingerprint density at radius 1 is 1.19 bits per heavy atom. The van der Waals surface area contributed by atoms with Gasteiger partial charge in [0.25, 0.3) is 0 Å². The maximum absolute atomic E-state index is 12.3. The molecule has 1 amide bonds. The van der Waals surface area contributed by atoms with E-state index in [1.807, 2.05) is 11.4 Å². The first-order valence-electron chi connectivity index (χ1n) is 9.48. The van der Waals surface area contributed by atoms with Crippen LogP contribution in [-0.2, 0) is 11.2 Å². The van der Waals surface area contributed by atoms with Crippen molar-refractivity contribution in [3.8, 4) is 0 Å². The second-order valence-electron chi connectivity index (χ2n) is 6.86. The van der Waals surface area contributed by atoms with Crippen molar-refractivity contribution in [1.82, 2.24) is 15.2 Å². The van der Waals surface area contributed by atoms with Gasteiger partial charge < -0.3 is 11.1 Å². The summed E-state index contributed by atoms with van der Waals surface area (Å²) in [5, 5.41) is 5.62. The van der Waals surface area contributed by atoms with E-state index in [0.29, 0.717) is 24.5 Å². The Labute approximate surface area is 159 Å². The zero-order chi connectivity index (χ0) is 18.2. The summed E-state index contributed by atoms with van der Waals surface area (Å²) < 4.78 is 0. The van der Waals surface area contributed by atoms with Crippen molar-refractivity contribution in [3.63, 3.8) is 0 Å². The summed E-state index contributed by atoms with van der Waals surface area (Å²) in [6, 6.07) is 10.8. The Morgan fingerprint density at radius 3 is 2.58 bits per heavy atom. The number of nitrogens with two attached hydrogens (primary N) is 1. The number of aryl methyl sites for hydroxylation is 1. The Balaban J connectivity index is 1.57. The predicted octanol–water partition coefficient (Wildman–Crippen LogP) is 3.39. The summed E-state index contributed by atoms with van der Waals surface area (Å²) in [7, 11) is 0. The van der Waals surface area contributed by atoms with E-state index in [0.717, 1.165) is 18.8 Å². The lowest BCUT2D eigenvalue weighted by Crippen LogP contribution is -2.38. The lowest BCUT2D eigenvalue weighted by molar-refractivity contribution is -0.121. The molecule has 1 aromatic heterocycles. The maximum atomic E-state index is 12.3. The number of nitrogen functional groups attached to an aromatic ring is 1. The molecule has 1 aliphatic rings. The number of aromatic nitrogens is 1. The molecule has 0 saturated carbocycles. The van der Waals surface area contributed by atoms with E-state index in [2.05, 4.69) is 39.5 Å². The Bertz CT molecular complexity index is 680. The standard InChI is InChI=1S/C20H28N4OS/c21-20-23-17(15-26-20)10-11-19(25)22-14-18(16-8-4-3-5-9-16)24-12-6-1-2-7-13-24/h3-5,8-9,15,18H,1-2,6-7,10-14H2,(H2,21,23)(H,22,25). The van der Waals surface area contributed by atoms with E-state index >= 15 is 0 Å². The average Bonchev–Trinajstić information content (AvgIpc) is 2.90. The molecule has 0 spiro atoms. The molecule has 2 aromatic rings. The van der Waals surface area contributed by atoms with Crippen LogP contribution in [0, 0.1) is 0 Å². The van der Waals surface area contributed by atoms with Gasteiger partial charge in [0.05, 0.1) is 11.7 Å². The van der Waals surface area contributed by atoms with Crippen molar-refractivity contribution in [1.29, 1.82) is 0 Å². The summed E-state index contributed by atoms with van der Waals surface area (Å²) >= 11 is 1.42. The molecular weight excluding hydrogens is 344 g/mol. The summed E-state index contributed by atoms with van der Waals surface area (Å²) in [5.74, 6) is 0.0762. The van der Waals surface area contributed by atoms with Gasteiger partial charge in [0.15, 0.2) is 5.13 Å². The van der Waals surface area contributed by atoms with E-state index in [1.165, 1.54) is 42.6 Å². The molecule has 1 fully saturated rings. The van der Waals surface area contributed by atoms with Gasteiger partial charge in [-0.25, -0.2) is 4.98 Å². The number of benzene rings is 1. The fraction of sp³-hybridized carbons (Fsp3) is 0.500. The van der Waals surface area contributed by atoms with Crippen molar-refractivity contribution in [3.05, 3.63) is 47.0 Å². The van der Waals surface area contributed by atoms with Crippen LogP contribution < -0.4 is 11.1 Å². The van der Waals surface area contributed by atoms with Crippen molar-refractivity contribution < 1.29 is 4.79 Å². The minimum Gasteiger partial charge on any atom is -0.375 e. The van der Waals surface area contributed by atoms with E-state index in [1.54, 1.807) is 0 Å². The van der Waals surface area contributed by atoms with Crippen LogP contribution in [0.15, 0.2) is 35.7 Å². The van der Waals surface area contributed by atoms with Gasteiger partial charge in [0.1, 0.15) is 0 Å². The van der Waals surface area contributed by atoms with E-state index < -0.39 is 0 Å². The summed E-state index contributed by atoms with van der Waals surface area (Å²) in [5.41, 5.74) is 7.82. The second kappa shape index (κ2) is 9.69. The van der Waals surface area contributed by atoms with Crippen molar-refractivity contribution >= 4 is 22.4 Å². The normalized spacial score (nSPS) is 16.8. The lowest BCUT2D eigenvalue weighted by atomic mass is 10.0. The lowest BCUT2D eigenvalue weighted by Gasteiger charge is -2.31. The van der Waals surface area contributed by atoms with Crippen LogP contribution in [0.4, 0.5) is 5.13 Å². The second-order valence-corrected chi connectivity index (χ2v) is 7.75. The van der Waals surface area contributed by atoms with Crippen LogP contribution in [0.1, 0.15) is 49.4 Å². The van der Waals surface area contributed by atoms with Gasteiger partial charge in [-0.05, 0) is 37.9 Å². The highest BCUT2D eigenvalue weighted by Gasteiger charge is 2.22. The molecule has 0 aliphatic carbocycles. The number of hydrogen-bond donors (Lipinski definition) is 2. The summed E-state index contributed by atoms with van der Waals surface area (Å²) in [6.07, 6.45) is 6.18. The van der Waals surface area contributed by atoms with Gasteiger partial charge >= 0.3 is 0 Å². The molecular formula is C20H28N4OS. The first-order valence-corrected chi connectivity index (χ1v) is 10.4. The third kappa shape index (κ3) is 5.54. The van der Waals surface area contributed by atoms with Crippen LogP contribution in [0.5, 0.6) is 0 Å². The highest BCUT2D eigenvalue weighted by molar-refractivity contribution is 7.13. The van der Waals surface area contributed by atoms with E-state index in [-0.39, 0.29) is 11.9 Å². The molecule has 6 heteroatoms. The number of carbonyl (C=O) groups is 1. The van der Waals surface area contributed by atoms with Gasteiger partial charge in [-0.1, -0.05) is 43.2 Å². The van der Waals surface area contributed by atoms with Crippen molar-refractivity contribution in [2.24, 2.45) is 0 Å². The Hall–Kier alpha value is -1.92. The van der Waals surface area contributed by atoms with Crippen LogP contribution >= 0.6 is 11.3 Å². The molecule has 3 N–H and O–H groups in total. The fourth-order valence-corrected chi connectivity index (χ4v) is 4.12. The molecule has 1 saturated heterocycles. The highest BCUT2D eigenvalue weighted by atomic mass is 32.1. The quantitative estimate of drug-likeness (QED) is 0.781. The van der Waals surface area contributed by atoms with Crippen LogP contribution in [0.25, 0.3) is 0 Å². The molecule has 140 valence electrons. The Kier molecular flexibility index (Phi) is 7.03. The fourth-order valence-electron chi connectivity index (χ4n) is 3.52. The smallest absolute Gasteiger partial charge is 0.220 e. The first-order chi connectivity index (χ1) is 12.7. The highest BCUT2D eigenvalue weighted by Crippen LogP contribution is 2.23. The maximum Gasteiger partial charge on any atom is 0.220 e. The molecule has 2 heterocycles. The van der Waals surface area contributed by atoms with E-state index in [9.17, 15) is 4.79 Å². The monoisotopic (exact) mass is 372 g/mol. The van der Waals surface area contributed by atoms with Crippen LogP contribution in [-0.4, -0.2) is 35.4 Å². The summed E-state index contributed by atoms with van der Waals surface area (Å²) in [6.45, 7) is 2.86. The zero-order valence-electron chi connectivity index (χ0n) is 15.2. The largest absolute Gasteiger partial charge is 0.375 e. The number of amides is 1. The molecule has 0 bridgehead atoms. The molecule has 0 radical (unpaired) electrons. The number of thiazole rings is 1. The third-order valence-corrected chi connectivity index (χ3v) is 5.66. The molecule has 1 unspecified atom stereocenters. The number of carbonyl (C=O) groups excluding carboxylic acids is 1. The number of hydrogen-bond acceptors (Lipinski definition) is 5. The Morgan fingerprint density at radius 2 is 1.92 bits per heavy atom. The molecule has 1 aromatic carbocycles. The summed E-state index contributed by atoms with van der Waals surface area (Å²) in [4.78, 5) is 19.1. The van der Waals surface area contributed by atoms with Gasteiger partial charge in [-0.15, -0.1) is 11.3 Å². The van der Waals surface area contributed by atoms with Crippen molar-refractivity contribution in [2.45, 2.75) is 44.6 Å². The number of rotatable bonds is 7. The van der Waals surface area contributed by atoms with Crippen LogP contribution in [0.2, 0.25) is 0 Å². The third-order valence-electron chi connectivity index (χ3n) is 4.94. The average molecular weight is 373 g/mol. The van der Waals surface area contributed by atoms with Gasteiger partial charge in [0, 0.05) is 18.3 Å². The number of likely N-dealkylation sites (tertiary alicyclic amines) is 1. The minimum atomic E-state index is 0.0762. The zero-order valence-corrected chi connectivity index (χ0v) is 16.0.